The van der Waals surface area contributed by atoms with Crippen molar-refractivity contribution < 1.29 is 9.13 Å². The SMILES string of the molecule is C#C.CN1CCC(COCc2cc(Cl)cc3cn(CC#N)nc23)(c2ccc(F)cc2)CC1. The van der Waals surface area contributed by atoms with E-state index < -0.39 is 0 Å². The molecule has 0 amide bonds. The van der Waals surface area contributed by atoms with Gasteiger partial charge < -0.3 is 9.64 Å². The van der Waals surface area contributed by atoms with E-state index in [9.17, 15) is 4.39 Å². The molecule has 1 aliphatic rings. The molecule has 166 valence electrons. The van der Waals surface area contributed by atoms with Gasteiger partial charge in [0.15, 0.2) is 0 Å². The molecular weight excluding hydrogens is 427 g/mol. The maximum absolute atomic E-state index is 13.5. The molecule has 0 saturated carbocycles. The minimum Gasteiger partial charge on any atom is -0.376 e. The lowest BCUT2D eigenvalue weighted by atomic mass is 9.73. The Balaban J connectivity index is 0.00000141. The zero-order chi connectivity index (χ0) is 23.1. The zero-order valence-electron chi connectivity index (χ0n) is 18.1. The predicted molar refractivity (Wildman–Crippen MR) is 125 cm³/mol. The molecule has 4 rings (SSSR count). The van der Waals surface area contributed by atoms with Gasteiger partial charge in [0.05, 0.1) is 24.8 Å². The van der Waals surface area contributed by atoms with Gasteiger partial charge in [-0.25, -0.2) is 4.39 Å². The van der Waals surface area contributed by atoms with E-state index in [-0.39, 0.29) is 17.8 Å². The average molecular weight is 453 g/mol. The van der Waals surface area contributed by atoms with E-state index in [2.05, 4.69) is 36.0 Å². The van der Waals surface area contributed by atoms with E-state index in [1.54, 1.807) is 4.68 Å². The molecular formula is C25H26ClFN4O. The van der Waals surface area contributed by atoms with Crippen LogP contribution in [0.5, 0.6) is 0 Å². The molecule has 2 aromatic carbocycles. The number of terminal acetylenes is 1. The molecule has 0 N–H and O–H groups in total. The molecule has 0 atom stereocenters. The Kier molecular flexibility index (Phi) is 7.88. The second-order valence-corrected chi connectivity index (χ2v) is 8.51. The minimum atomic E-state index is -0.225. The fourth-order valence-electron chi connectivity index (χ4n) is 4.20. The molecule has 5 nitrogen and oxygen atoms in total. The number of aromatic nitrogens is 2. The van der Waals surface area contributed by atoms with Crippen molar-refractivity contribution in [3.63, 3.8) is 0 Å². The monoisotopic (exact) mass is 452 g/mol. The number of fused-ring (bicyclic) bond motifs is 1. The Labute approximate surface area is 193 Å². The Morgan fingerprint density at radius 3 is 2.56 bits per heavy atom. The number of rotatable bonds is 6. The second-order valence-electron chi connectivity index (χ2n) is 8.07. The van der Waals surface area contributed by atoms with Crippen molar-refractivity contribution in [3.8, 4) is 18.9 Å². The largest absolute Gasteiger partial charge is 0.376 e. The summed E-state index contributed by atoms with van der Waals surface area (Å²) in [7, 11) is 2.12. The molecule has 7 heteroatoms. The van der Waals surface area contributed by atoms with Crippen LogP contribution in [0.3, 0.4) is 0 Å². The first-order valence-electron chi connectivity index (χ1n) is 10.4. The van der Waals surface area contributed by atoms with Crippen molar-refractivity contribution in [1.29, 1.82) is 5.26 Å². The smallest absolute Gasteiger partial charge is 0.128 e. The molecule has 2 heterocycles. The summed E-state index contributed by atoms with van der Waals surface area (Å²) in [6.07, 6.45) is 11.7. The van der Waals surface area contributed by atoms with Gasteiger partial charge in [0.25, 0.3) is 0 Å². The molecule has 32 heavy (non-hydrogen) atoms. The van der Waals surface area contributed by atoms with Gasteiger partial charge in [-0.3, -0.25) is 4.68 Å². The van der Waals surface area contributed by atoms with E-state index in [1.165, 1.54) is 12.1 Å². The highest BCUT2D eigenvalue weighted by atomic mass is 35.5. The van der Waals surface area contributed by atoms with Crippen LogP contribution in [0.2, 0.25) is 5.02 Å². The molecule has 1 aromatic heterocycles. The van der Waals surface area contributed by atoms with Crippen LogP contribution in [0.4, 0.5) is 4.39 Å². The Morgan fingerprint density at radius 1 is 1.22 bits per heavy atom. The summed E-state index contributed by atoms with van der Waals surface area (Å²) in [4.78, 5) is 2.31. The van der Waals surface area contributed by atoms with Gasteiger partial charge in [0.2, 0.25) is 0 Å². The highest BCUT2D eigenvalue weighted by Crippen LogP contribution is 2.36. The molecule has 0 aliphatic carbocycles. The third kappa shape index (κ3) is 5.29. The van der Waals surface area contributed by atoms with Crippen LogP contribution < -0.4 is 0 Å². The number of piperidine rings is 1. The summed E-state index contributed by atoms with van der Waals surface area (Å²) in [5.74, 6) is -0.225. The number of ether oxygens (including phenoxy) is 1. The van der Waals surface area contributed by atoms with E-state index in [0.717, 1.165) is 48.0 Å². The molecule has 0 bridgehead atoms. The summed E-state index contributed by atoms with van der Waals surface area (Å²) in [6, 6.07) is 12.6. The van der Waals surface area contributed by atoms with Crippen LogP contribution >= 0.6 is 11.6 Å². The molecule has 3 aromatic rings. The van der Waals surface area contributed by atoms with E-state index >= 15 is 0 Å². The number of hydrogen-bond acceptors (Lipinski definition) is 4. The van der Waals surface area contributed by atoms with Crippen LogP contribution in [0, 0.1) is 30.0 Å². The second kappa shape index (κ2) is 10.6. The molecule has 0 radical (unpaired) electrons. The Morgan fingerprint density at radius 2 is 1.91 bits per heavy atom. The van der Waals surface area contributed by atoms with Crippen molar-refractivity contribution in [3.05, 3.63) is 64.6 Å². The first-order valence-corrected chi connectivity index (χ1v) is 10.8. The van der Waals surface area contributed by atoms with Gasteiger partial charge in [0.1, 0.15) is 12.4 Å². The van der Waals surface area contributed by atoms with E-state index in [4.69, 9.17) is 21.6 Å². The van der Waals surface area contributed by atoms with Crippen molar-refractivity contribution in [2.45, 2.75) is 31.4 Å². The van der Waals surface area contributed by atoms with Crippen LogP contribution in [-0.2, 0) is 23.3 Å². The van der Waals surface area contributed by atoms with Gasteiger partial charge in [-0.2, -0.15) is 10.4 Å². The molecule has 1 saturated heterocycles. The maximum atomic E-state index is 13.5. The predicted octanol–water partition coefficient (Wildman–Crippen LogP) is 4.78. The van der Waals surface area contributed by atoms with Crippen molar-refractivity contribution in [2.24, 2.45) is 0 Å². The average Bonchev–Trinajstić information content (AvgIpc) is 3.20. The van der Waals surface area contributed by atoms with Crippen molar-refractivity contribution >= 4 is 22.5 Å². The Bertz CT molecular complexity index is 1110. The standard InChI is InChI=1S/C23H24ClFN4O.C2H2/c1-28-9-6-23(7-10-28,19-2-4-21(25)5-3-19)16-30-15-18-13-20(24)12-17-14-29(11-8-26)27-22(17)18;1-2/h2-5,12-14H,6-7,9-11,15-16H2,1H3;1-2H. The van der Waals surface area contributed by atoms with E-state index in [1.807, 2.05) is 30.5 Å². The number of nitriles is 1. The van der Waals surface area contributed by atoms with Crippen molar-refractivity contribution in [2.75, 3.05) is 26.7 Å². The van der Waals surface area contributed by atoms with E-state index in [0.29, 0.717) is 18.2 Å². The highest BCUT2D eigenvalue weighted by Gasteiger charge is 2.35. The van der Waals surface area contributed by atoms with Crippen LogP contribution in [0.15, 0.2) is 42.6 Å². The summed E-state index contributed by atoms with van der Waals surface area (Å²) < 4.78 is 21.3. The van der Waals surface area contributed by atoms with Gasteiger partial charge >= 0.3 is 0 Å². The number of likely N-dealkylation sites (tertiary alicyclic amines) is 1. The summed E-state index contributed by atoms with van der Waals surface area (Å²) in [5, 5.41) is 15.0. The minimum absolute atomic E-state index is 0.141. The summed E-state index contributed by atoms with van der Waals surface area (Å²) >= 11 is 6.29. The maximum Gasteiger partial charge on any atom is 0.128 e. The quantitative estimate of drug-likeness (QED) is 0.505. The summed E-state index contributed by atoms with van der Waals surface area (Å²) in [6.45, 7) is 3.05. The lowest BCUT2D eigenvalue weighted by molar-refractivity contribution is 0.0411. The van der Waals surface area contributed by atoms with Gasteiger partial charge in [-0.05, 0) is 62.8 Å². The highest BCUT2D eigenvalue weighted by molar-refractivity contribution is 6.31. The van der Waals surface area contributed by atoms with Gasteiger partial charge in [-0.1, -0.05) is 23.7 Å². The molecule has 0 unspecified atom stereocenters. The van der Waals surface area contributed by atoms with Gasteiger partial charge in [-0.15, -0.1) is 12.8 Å². The lowest BCUT2D eigenvalue weighted by Gasteiger charge is -2.41. The van der Waals surface area contributed by atoms with Gasteiger partial charge in [0, 0.05) is 27.6 Å². The normalized spacial score (nSPS) is 15.6. The van der Waals surface area contributed by atoms with Crippen LogP contribution in [-0.4, -0.2) is 41.4 Å². The molecule has 0 spiro atoms. The third-order valence-corrected chi connectivity index (χ3v) is 6.19. The van der Waals surface area contributed by atoms with Crippen LogP contribution in [0.25, 0.3) is 10.9 Å². The first kappa shape index (κ1) is 23.8. The zero-order valence-corrected chi connectivity index (χ0v) is 18.9. The lowest BCUT2D eigenvalue weighted by Crippen LogP contribution is -2.43. The van der Waals surface area contributed by atoms with Crippen LogP contribution in [0.1, 0.15) is 24.0 Å². The third-order valence-electron chi connectivity index (χ3n) is 5.97. The molecule has 1 fully saturated rings. The summed E-state index contributed by atoms with van der Waals surface area (Å²) in [5.41, 5.74) is 2.68. The fourth-order valence-corrected chi connectivity index (χ4v) is 4.45. The topological polar surface area (TPSA) is 54.1 Å². The number of hydrogen-bond donors (Lipinski definition) is 0. The first-order chi connectivity index (χ1) is 15.5. The number of nitrogens with zero attached hydrogens (tertiary/aromatic N) is 4. The Hall–Kier alpha value is -2.90. The number of halogens is 2. The number of benzene rings is 2. The fraction of sp³-hybridized carbons (Fsp3) is 0.360. The molecule has 1 aliphatic heterocycles. The van der Waals surface area contributed by atoms with Crippen molar-refractivity contribution in [1.82, 2.24) is 14.7 Å².